The molecule has 16 heavy (non-hydrogen) atoms. The van der Waals surface area contributed by atoms with Gasteiger partial charge in [-0.15, -0.1) is 0 Å². The zero-order valence-corrected chi connectivity index (χ0v) is 8.93. The van der Waals surface area contributed by atoms with Gasteiger partial charge in [-0.3, -0.25) is 0 Å². The van der Waals surface area contributed by atoms with E-state index in [0.717, 1.165) is 5.56 Å². The molecule has 0 aliphatic carbocycles. The largest absolute Gasteiger partial charge is 0.206 e. The molecule has 81 valence electrons. The van der Waals surface area contributed by atoms with Crippen LogP contribution in [0.5, 0.6) is 0 Å². The Bertz CT molecular complexity index is 484. The predicted octanol–water partition coefficient (Wildman–Crippen LogP) is 3.99. The maximum Gasteiger partial charge on any atom is 0.133 e. The molecule has 0 fully saturated rings. The highest BCUT2D eigenvalue weighted by Gasteiger charge is 2.13. The highest BCUT2D eigenvalue weighted by molar-refractivity contribution is 5.68. The molecule has 0 heterocycles. The average Bonchev–Trinajstić information content (AvgIpc) is 2.29. The van der Waals surface area contributed by atoms with Crippen molar-refractivity contribution in [2.75, 3.05) is 0 Å². The van der Waals surface area contributed by atoms with Gasteiger partial charge in [-0.25, -0.2) is 8.78 Å². The van der Waals surface area contributed by atoms with Crippen LogP contribution in [0.25, 0.3) is 11.1 Å². The van der Waals surface area contributed by atoms with E-state index in [0.29, 0.717) is 12.0 Å². The monoisotopic (exact) mass is 217 g/mol. The van der Waals surface area contributed by atoms with Gasteiger partial charge < -0.3 is 0 Å². The molecule has 2 heteroatoms. The summed E-state index contributed by atoms with van der Waals surface area (Å²) in [4.78, 5) is 0. The van der Waals surface area contributed by atoms with E-state index in [1.807, 2.05) is 6.92 Å². The number of rotatable bonds is 2. The second-order valence-electron chi connectivity index (χ2n) is 3.51. The zero-order chi connectivity index (χ0) is 11.5. The molecule has 0 nitrogen and oxygen atoms in total. The van der Waals surface area contributed by atoms with Crippen LogP contribution in [0, 0.1) is 17.7 Å². The number of aryl methyl sites for hydroxylation is 1. The lowest BCUT2D eigenvalue weighted by molar-refractivity contribution is 0.589. The van der Waals surface area contributed by atoms with Crippen LogP contribution < -0.4 is 0 Å². The van der Waals surface area contributed by atoms with E-state index in [1.54, 1.807) is 18.2 Å². The molecule has 0 aromatic heterocycles. The second-order valence-corrected chi connectivity index (χ2v) is 3.51. The van der Waals surface area contributed by atoms with Crippen molar-refractivity contribution in [3.05, 3.63) is 59.7 Å². The van der Waals surface area contributed by atoms with Gasteiger partial charge in [0.1, 0.15) is 11.6 Å². The Kier molecular flexibility index (Phi) is 3.00. The molecule has 0 amide bonds. The van der Waals surface area contributed by atoms with E-state index in [4.69, 9.17) is 0 Å². The van der Waals surface area contributed by atoms with E-state index >= 15 is 0 Å². The summed E-state index contributed by atoms with van der Waals surface area (Å²) in [6, 6.07) is 12.1. The smallest absolute Gasteiger partial charge is 0.133 e. The SMILES string of the molecule is CCc1[c]cccc1-c1c(F)cccc1F. The van der Waals surface area contributed by atoms with Gasteiger partial charge >= 0.3 is 0 Å². The Morgan fingerprint density at radius 1 is 1.06 bits per heavy atom. The van der Waals surface area contributed by atoms with Gasteiger partial charge in [0.25, 0.3) is 0 Å². The fourth-order valence-corrected chi connectivity index (χ4v) is 1.75. The van der Waals surface area contributed by atoms with Crippen molar-refractivity contribution in [3.8, 4) is 11.1 Å². The zero-order valence-electron chi connectivity index (χ0n) is 8.93. The van der Waals surface area contributed by atoms with Crippen LogP contribution in [0.3, 0.4) is 0 Å². The third-order valence-corrected chi connectivity index (χ3v) is 2.53. The van der Waals surface area contributed by atoms with E-state index < -0.39 is 11.6 Å². The van der Waals surface area contributed by atoms with Gasteiger partial charge in [-0.2, -0.15) is 0 Å². The minimum atomic E-state index is -0.533. The van der Waals surface area contributed by atoms with Crippen LogP contribution >= 0.6 is 0 Å². The number of hydrogen-bond donors (Lipinski definition) is 0. The van der Waals surface area contributed by atoms with Crippen molar-refractivity contribution >= 4 is 0 Å². The lowest BCUT2D eigenvalue weighted by atomic mass is 9.97. The summed E-state index contributed by atoms with van der Waals surface area (Å²) in [6.07, 6.45) is 0.698. The van der Waals surface area contributed by atoms with Crippen LogP contribution in [-0.2, 0) is 6.42 Å². The molecule has 0 N–H and O–H groups in total. The van der Waals surface area contributed by atoms with Gasteiger partial charge in [0.2, 0.25) is 0 Å². The lowest BCUT2D eigenvalue weighted by Crippen LogP contribution is -1.94. The molecule has 2 aromatic rings. The van der Waals surface area contributed by atoms with Crippen molar-refractivity contribution < 1.29 is 8.78 Å². The Hall–Kier alpha value is -1.70. The molecule has 0 aliphatic heterocycles. The van der Waals surface area contributed by atoms with Crippen molar-refractivity contribution in [2.24, 2.45) is 0 Å². The molecular weight excluding hydrogens is 206 g/mol. The van der Waals surface area contributed by atoms with Gasteiger partial charge in [-0.05, 0) is 35.7 Å². The quantitative estimate of drug-likeness (QED) is 0.713. The van der Waals surface area contributed by atoms with Gasteiger partial charge in [0, 0.05) is 0 Å². The predicted molar refractivity (Wildman–Crippen MR) is 60.0 cm³/mol. The van der Waals surface area contributed by atoms with E-state index in [-0.39, 0.29) is 5.56 Å². The second kappa shape index (κ2) is 4.44. The fraction of sp³-hybridized carbons (Fsp3) is 0.143. The highest BCUT2D eigenvalue weighted by Crippen LogP contribution is 2.28. The number of hydrogen-bond acceptors (Lipinski definition) is 0. The standard InChI is InChI=1S/C14H11F2/c1-2-10-6-3-4-7-11(10)14-12(15)8-5-9-13(14)16/h3-5,7-9H,2H2,1H3. The summed E-state index contributed by atoms with van der Waals surface area (Å²) >= 11 is 0. The van der Waals surface area contributed by atoms with Crippen molar-refractivity contribution in [1.29, 1.82) is 0 Å². The van der Waals surface area contributed by atoms with Crippen molar-refractivity contribution in [2.45, 2.75) is 13.3 Å². The molecule has 2 rings (SSSR count). The first kappa shape index (κ1) is 10.8. The van der Waals surface area contributed by atoms with Gasteiger partial charge in [-0.1, -0.05) is 31.2 Å². The Balaban J connectivity index is 2.67. The van der Waals surface area contributed by atoms with Crippen LogP contribution in [0.1, 0.15) is 12.5 Å². The summed E-state index contributed by atoms with van der Waals surface area (Å²) in [5, 5.41) is 0. The van der Waals surface area contributed by atoms with E-state index in [9.17, 15) is 8.78 Å². The normalized spacial score (nSPS) is 10.4. The first-order valence-electron chi connectivity index (χ1n) is 5.18. The minimum absolute atomic E-state index is 0.0381. The number of halogens is 2. The topological polar surface area (TPSA) is 0 Å². The number of benzene rings is 2. The fourth-order valence-electron chi connectivity index (χ4n) is 1.75. The van der Waals surface area contributed by atoms with Crippen LogP contribution in [0.15, 0.2) is 36.4 Å². The molecule has 0 aliphatic rings. The Morgan fingerprint density at radius 3 is 2.38 bits per heavy atom. The maximum atomic E-state index is 13.6. The summed E-state index contributed by atoms with van der Waals surface area (Å²) < 4.78 is 27.2. The molecule has 0 saturated carbocycles. The molecule has 0 unspecified atom stereocenters. The van der Waals surface area contributed by atoms with Crippen LogP contribution in [0.4, 0.5) is 8.78 Å². The Labute approximate surface area is 93.5 Å². The van der Waals surface area contributed by atoms with Crippen LogP contribution in [0.2, 0.25) is 0 Å². The molecule has 0 spiro atoms. The summed E-state index contributed by atoms with van der Waals surface area (Å²) in [6.45, 7) is 1.94. The summed E-state index contributed by atoms with van der Waals surface area (Å²) in [5.74, 6) is -1.07. The van der Waals surface area contributed by atoms with Gasteiger partial charge in [0.15, 0.2) is 0 Å². The van der Waals surface area contributed by atoms with Gasteiger partial charge in [0.05, 0.1) is 5.56 Å². The third-order valence-electron chi connectivity index (χ3n) is 2.53. The summed E-state index contributed by atoms with van der Waals surface area (Å²) in [7, 11) is 0. The average molecular weight is 217 g/mol. The molecule has 0 atom stereocenters. The van der Waals surface area contributed by atoms with Crippen LogP contribution in [-0.4, -0.2) is 0 Å². The van der Waals surface area contributed by atoms with E-state index in [1.165, 1.54) is 18.2 Å². The third kappa shape index (κ3) is 1.83. The Morgan fingerprint density at radius 2 is 1.75 bits per heavy atom. The first-order chi connectivity index (χ1) is 7.74. The molecule has 1 radical (unpaired) electrons. The molecular formula is C14H11F2. The van der Waals surface area contributed by atoms with Crippen molar-refractivity contribution in [1.82, 2.24) is 0 Å². The minimum Gasteiger partial charge on any atom is -0.206 e. The van der Waals surface area contributed by atoms with E-state index in [2.05, 4.69) is 6.07 Å². The highest BCUT2D eigenvalue weighted by atomic mass is 19.1. The van der Waals surface area contributed by atoms with Crippen molar-refractivity contribution in [3.63, 3.8) is 0 Å². The molecule has 2 aromatic carbocycles. The maximum absolute atomic E-state index is 13.6. The molecule has 0 bridgehead atoms. The summed E-state index contributed by atoms with van der Waals surface area (Å²) in [5.41, 5.74) is 1.45. The lowest BCUT2D eigenvalue weighted by Gasteiger charge is -2.09. The molecule has 0 saturated heterocycles. The first-order valence-corrected chi connectivity index (χ1v) is 5.18.